The second-order valence-electron chi connectivity index (χ2n) is 7.06. The van der Waals surface area contributed by atoms with E-state index in [0.29, 0.717) is 12.4 Å². The highest BCUT2D eigenvalue weighted by molar-refractivity contribution is 5.79. The first-order valence-corrected chi connectivity index (χ1v) is 9.68. The van der Waals surface area contributed by atoms with Crippen molar-refractivity contribution in [3.8, 4) is 0 Å². The minimum Gasteiger partial charge on any atom is -0.469 e. The summed E-state index contributed by atoms with van der Waals surface area (Å²) in [5, 5.41) is 6.90. The van der Waals surface area contributed by atoms with Crippen LogP contribution >= 0.6 is 0 Å². The van der Waals surface area contributed by atoms with Crippen molar-refractivity contribution in [1.29, 1.82) is 0 Å². The molecule has 6 heteroatoms. The van der Waals surface area contributed by atoms with Crippen LogP contribution < -0.4 is 10.6 Å². The van der Waals surface area contributed by atoms with Crippen LogP contribution in [0.5, 0.6) is 0 Å². The number of rotatable bonds is 7. The van der Waals surface area contributed by atoms with Gasteiger partial charge in [0.25, 0.3) is 0 Å². The number of aromatic nitrogens is 1. The van der Waals surface area contributed by atoms with Crippen LogP contribution in [-0.2, 0) is 13.0 Å². The van der Waals surface area contributed by atoms with Crippen molar-refractivity contribution in [1.82, 2.24) is 15.6 Å². The molecule has 0 bridgehead atoms. The molecular formula is C20H30N4O2. The van der Waals surface area contributed by atoms with Crippen LogP contribution in [-0.4, -0.2) is 24.0 Å². The summed E-state index contributed by atoms with van der Waals surface area (Å²) in [4.78, 5) is 9.07. The predicted octanol–water partition coefficient (Wildman–Crippen LogP) is 3.74. The Bertz CT molecular complexity index is 665. The maximum atomic E-state index is 5.63. The third kappa shape index (κ3) is 5.64. The van der Waals surface area contributed by atoms with Crippen LogP contribution in [0, 0.1) is 19.8 Å². The number of aliphatic imine (C=N–C) groups is 1. The van der Waals surface area contributed by atoms with E-state index in [-0.39, 0.29) is 0 Å². The molecule has 0 spiro atoms. The summed E-state index contributed by atoms with van der Waals surface area (Å²) in [5.74, 6) is 4.05. The molecule has 2 N–H and O–H groups in total. The number of oxazole rings is 1. The maximum Gasteiger partial charge on any atom is 0.216 e. The zero-order chi connectivity index (χ0) is 18.2. The Hall–Kier alpha value is -2.24. The van der Waals surface area contributed by atoms with Crippen molar-refractivity contribution in [3.63, 3.8) is 0 Å². The zero-order valence-electron chi connectivity index (χ0n) is 15.9. The number of nitrogens with one attached hydrogen (secondary N) is 2. The Kier molecular flexibility index (Phi) is 6.75. The molecule has 0 unspecified atom stereocenters. The van der Waals surface area contributed by atoms with Crippen molar-refractivity contribution in [2.24, 2.45) is 10.9 Å². The van der Waals surface area contributed by atoms with Crippen LogP contribution in [0.15, 0.2) is 32.2 Å². The summed E-state index contributed by atoms with van der Waals surface area (Å²) >= 11 is 0. The van der Waals surface area contributed by atoms with Gasteiger partial charge in [-0.15, -0.1) is 0 Å². The molecule has 0 saturated heterocycles. The average molecular weight is 358 g/mol. The fourth-order valence-corrected chi connectivity index (χ4v) is 3.32. The van der Waals surface area contributed by atoms with Crippen molar-refractivity contribution < 1.29 is 8.83 Å². The smallest absolute Gasteiger partial charge is 0.216 e. The molecule has 26 heavy (non-hydrogen) atoms. The van der Waals surface area contributed by atoms with E-state index in [0.717, 1.165) is 48.6 Å². The van der Waals surface area contributed by atoms with E-state index < -0.39 is 0 Å². The normalized spacial score (nSPS) is 16.0. The first-order valence-electron chi connectivity index (χ1n) is 9.68. The summed E-state index contributed by atoms with van der Waals surface area (Å²) in [5.41, 5.74) is 0.928. The molecule has 0 aliphatic heterocycles. The van der Waals surface area contributed by atoms with Gasteiger partial charge in [-0.25, -0.2) is 9.98 Å². The van der Waals surface area contributed by atoms with E-state index in [4.69, 9.17) is 8.83 Å². The molecule has 142 valence electrons. The van der Waals surface area contributed by atoms with Gasteiger partial charge < -0.3 is 19.5 Å². The first-order chi connectivity index (χ1) is 12.7. The number of nitrogens with zero attached hydrogens (tertiary/aromatic N) is 2. The van der Waals surface area contributed by atoms with Gasteiger partial charge in [0.05, 0.1) is 12.0 Å². The summed E-state index contributed by atoms with van der Waals surface area (Å²) in [6.07, 6.45) is 9.23. The lowest BCUT2D eigenvalue weighted by atomic mass is 9.89. The van der Waals surface area contributed by atoms with Crippen LogP contribution in [0.1, 0.15) is 55.2 Å². The summed E-state index contributed by atoms with van der Waals surface area (Å²) < 4.78 is 11.0. The van der Waals surface area contributed by atoms with Gasteiger partial charge in [-0.3, -0.25) is 0 Å². The molecule has 0 aromatic carbocycles. The molecule has 2 aromatic rings. The van der Waals surface area contributed by atoms with Crippen molar-refractivity contribution >= 4 is 5.96 Å². The molecule has 0 atom stereocenters. The Labute approximate surface area is 155 Å². The number of hydrogen-bond acceptors (Lipinski definition) is 4. The molecule has 2 aromatic heterocycles. The molecule has 0 radical (unpaired) electrons. The van der Waals surface area contributed by atoms with Crippen molar-refractivity contribution in [3.05, 3.63) is 41.5 Å². The molecule has 6 nitrogen and oxygen atoms in total. The number of hydrogen-bond donors (Lipinski definition) is 2. The zero-order valence-corrected chi connectivity index (χ0v) is 15.9. The van der Waals surface area contributed by atoms with Crippen molar-refractivity contribution in [2.75, 3.05) is 13.1 Å². The molecule has 1 aliphatic carbocycles. The minimum absolute atomic E-state index is 0.440. The fraction of sp³-hybridized carbons (Fsp3) is 0.600. The molecule has 1 saturated carbocycles. The van der Waals surface area contributed by atoms with Gasteiger partial charge in [-0.2, -0.15) is 0 Å². The van der Waals surface area contributed by atoms with Crippen LogP contribution in [0.3, 0.4) is 0 Å². The first kappa shape index (κ1) is 18.5. The highest BCUT2D eigenvalue weighted by Gasteiger charge is 2.14. The van der Waals surface area contributed by atoms with Crippen LogP contribution in [0.25, 0.3) is 0 Å². The number of guanidine groups is 1. The van der Waals surface area contributed by atoms with Crippen LogP contribution in [0.2, 0.25) is 0 Å². The maximum absolute atomic E-state index is 5.63. The Morgan fingerprint density at radius 3 is 2.77 bits per heavy atom. The standard InChI is InChI=1S/C20H30N4O2/c1-15-16(2)26-19(24-15)14-23-20(21-11-10-18-9-6-12-25-18)22-13-17-7-4-3-5-8-17/h6,9,12,17H,3-5,7-8,10-11,13-14H2,1-2H3,(H2,21,22,23). The van der Waals surface area contributed by atoms with Gasteiger partial charge in [0, 0.05) is 19.5 Å². The van der Waals surface area contributed by atoms with E-state index in [1.807, 2.05) is 26.0 Å². The fourth-order valence-electron chi connectivity index (χ4n) is 3.32. The van der Waals surface area contributed by atoms with Gasteiger partial charge in [0.1, 0.15) is 18.1 Å². The second kappa shape index (κ2) is 9.46. The lowest BCUT2D eigenvalue weighted by Crippen LogP contribution is -2.41. The lowest BCUT2D eigenvalue weighted by molar-refractivity contribution is 0.355. The van der Waals surface area contributed by atoms with Gasteiger partial charge >= 0.3 is 0 Å². The van der Waals surface area contributed by atoms with E-state index in [2.05, 4.69) is 20.6 Å². The Balaban J connectivity index is 1.54. The minimum atomic E-state index is 0.440. The SMILES string of the molecule is Cc1nc(CN=C(NCCc2ccco2)NCC2CCCCC2)oc1C. The highest BCUT2D eigenvalue weighted by Crippen LogP contribution is 2.22. The Morgan fingerprint density at radius 2 is 2.08 bits per heavy atom. The number of furan rings is 1. The molecule has 2 heterocycles. The summed E-state index contributed by atoms with van der Waals surface area (Å²) in [6, 6.07) is 3.91. The monoisotopic (exact) mass is 358 g/mol. The van der Waals surface area contributed by atoms with E-state index in [1.165, 1.54) is 32.1 Å². The van der Waals surface area contributed by atoms with Gasteiger partial charge in [0.15, 0.2) is 5.96 Å². The quantitative estimate of drug-likeness (QED) is 0.582. The summed E-state index contributed by atoms with van der Waals surface area (Å²) in [6.45, 7) is 6.06. The molecule has 0 amide bonds. The van der Waals surface area contributed by atoms with E-state index in [1.54, 1.807) is 6.26 Å². The molecule has 3 rings (SSSR count). The largest absolute Gasteiger partial charge is 0.469 e. The predicted molar refractivity (Wildman–Crippen MR) is 102 cm³/mol. The average Bonchev–Trinajstić information content (AvgIpc) is 3.28. The highest BCUT2D eigenvalue weighted by atomic mass is 16.4. The third-order valence-electron chi connectivity index (χ3n) is 4.97. The van der Waals surface area contributed by atoms with Gasteiger partial charge in [0.2, 0.25) is 5.89 Å². The van der Waals surface area contributed by atoms with Crippen LogP contribution in [0.4, 0.5) is 0 Å². The molecular weight excluding hydrogens is 328 g/mol. The number of aryl methyl sites for hydroxylation is 2. The molecule has 1 fully saturated rings. The topological polar surface area (TPSA) is 75.6 Å². The molecule has 1 aliphatic rings. The van der Waals surface area contributed by atoms with E-state index in [9.17, 15) is 0 Å². The summed E-state index contributed by atoms with van der Waals surface area (Å²) in [7, 11) is 0. The third-order valence-corrected chi connectivity index (χ3v) is 4.97. The van der Waals surface area contributed by atoms with Crippen molar-refractivity contribution in [2.45, 2.75) is 58.9 Å². The lowest BCUT2D eigenvalue weighted by Gasteiger charge is -2.23. The van der Waals surface area contributed by atoms with Gasteiger partial charge in [-0.05, 0) is 44.7 Å². The Morgan fingerprint density at radius 1 is 1.23 bits per heavy atom. The van der Waals surface area contributed by atoms with Gasteiger partial charge in [-0.1, -0.05) is 19.3 Å². The van der Waals surface area contributed by atoms with E-state index >= 15 is 0 Å². The second-order valence-corrected chi connectivity index (χ2v) is 7.06.